The molecule has 24 heavy (non-hydrogen) atoms. The molecule has 0 aliphatic rings. The fourth-order valence-electron chi connectivity index (χ4n) is 2.82. The van der Waals surface area contributed by atoms with Crippen LogP contribution in [0.4, 0.5) is 0 Å². The van der Waals surface area contributed by atoms with Gasteiger partial charge < -0.3 is 0 Å². The molecule has 0 aliphatic carbocycles. The van der Waals surface area contributed by atoms with E-state index in [-0.39, 0.29) is 7.61 Å². The number of rotatable bonds is 17. The van der Waals surface area contributed by atoms with Gasteiger partial charge in [0, 0.05) is 0 Å². The van der Waals surface area contributed by atoms with E-state index >= 15 is 0 Å². The molecule has 8 heteroatoms. The van der Waals surface area contributed by atoms with Crippen molar-refractivity contribution in [3.8, 4) is 0 Å². The van der Waals surface area contributed by atoms with Gasteiger partial charge in [-0.3, -0.25) is 0 Å². The number of methoxy groups -OCH3 is 4. The second-order valence-electron chi connectivity index (χ2n) is 6.13. The Morgan fingerprint density at radius 1 is 0.625 bits per heavy atom. The van der Waals surface area contributed by atoms with Crippen molar-refractivity contribution in [1.82, 2.24) is 0 Å². The van der Waals surface area contributed by atoms with Crippen LogP contribution in [0.15, 0.2) is 0 Å². The normalized spacial score (nSPS) is 14.0. The SMILES string of the molecule is COCCCP(CCCOC)P(S)(S)(CCCOC)CCCOC. The van der Waals surface area contributed by atoms with Crippen LogP contribution in [-0.4, -0.2) is 79.5 Å². The van der Waals surface area contributed by atoms with Crippen LogP contribution in [0.2, 0.25) is 0 Å². The summed E-state index contributed by atoms with van der Waals surface area (Å²) in [5.41, 5.74) is 0. The zero-order chi connectivity index (χ0) is 18.3. The first-order chi connectivity index (χ1) is 11.4. The molecule has 0 N–H and O–H groups in total. The summed E-state index contributed by atoms with van der Waals surface area (Å²) in [4.78, 5) is 0. The average Bonchev–Trinajstić information content (AvgIpc) is 2.54. The quantitative estimate of drug-likeness (QED) is 0.202. The van der Waals surface area contributed by atoms with Gasteiger partial charge in [0.25, 0.3) is 0 Å². The fraction of sp³-hybridized carbons (Fsp3) is 1.00. The van der Waals surface area contributed by atoms with Gasteiger partial charge in [0.1, 0.15) is 0 Å². The second-order valence-corrected chi connectivity index (χ2v) is 24.8. The molecule has 0 fully saturated rings. The summed E-state index contributed by atoms with van der Waals surface area (Å²) >= 11 is 10.7. The van der Waals surface area contributed by atoms with Crippen LogP contribution in [0, 0.1) is 0 Å². The maximum absolute atomic E-state index is 5.35. The van der Waals surface area contributed by atoms with E-state index in [9.17, 15) is 0 Å². The van der Waals surface area contributed by atoms with Crippen LogP contribution < -0.4 is 0 Å². The Kier molecular flexibility index (Phi) is 15.3. The summed E-state index contributed by atoms with van der Waals surface area (Å²) in [6.07, 6.45) is 8.73. The summed E-state index contributed by atoms with van der Waals surface area (Å²) in [5.74, 6) is 0. The molecule has 0 rings (SSSR count). The standard InChI is InChI=1S/C16H38O4P2S2/c1-17-9-5-13-21(14-6-10-18-2)22(23,24,15-7-11-19-3)16-8-12-20-4/h23-24H,5-16H2,1-4H3. The van der Waals surface area contributed by atoms with Gasteiger partial charge in [-0.2, -0.15) is 0 Å². The molecule has 0 aromatic rings. The van der Waals surface area contributed by atoms with Gasteiger partial charge in [0.05, 0.1) is 0 Å². The predicted molar refractivity (Wildman–Crippen MR) is 117 cm³/mol. The maximum atomic E-state index is 5.35. The minimum atomic E-state index is -2.36. The molecule has 148 valence electrons. The Morgan fingerprint density at radius 3 is 1.29 bits per heavy atom. The average molecular weight is 421 g/mol. The van der Waals surface area contributed by atoms with Gasteiger partial charge in [0.2, 0.25) is 0 Å². The first kappa shape index (κ1) is 25.4. The van der Waals surface area contributed by atoms with E-state index in [0.29, 0.717) is 0 Å². The van der Waals surface area contributed by atoms with Crippen molar-refractivity contribution in [2.45, 2.75) is 25.7 Å². The molecule has 4 nitrogen and oxygen atoms in total. The van der Waals surface area contributed by atoms with E-state index in [1.54, 1.807) is 28.4 Å². The van der Waals surface area contributed by atoms with Crippen molar-refractivity contribution in [2.24, 2.45) is 0 Å². The number of hydrogen-bond donors (Lipinski definition) is 2. The van der Waals surface area contributed by atoms with Crippen LogP contribution in [0.1, 0.15) is 25.7 Å². The van der Waals surface area contributed by atoms with Crippen LogP contribution in [0.5, 0.6) is 0 Å². The third kappa shape index (κ3) is 10.5. The number of ether oxygens (including phenoxy) is 4. The van der Waals surface area contributed by atoms with Gasteiger partial charge in [-0.1, -0.05) is 0 Å². The summed E-state index contributed by atoms with van der Waals surface area (Å²) in [7, 11) is 6.80. The topological polar surface area (TPSA) is 36.9 Å². The van der Waals surface area contributed by atoms with E-state index in [4.69, 9.17) is 43.4 Å². The third-order valence-corrected chi connectivity index (χ3v) is 22.8. The van der Waals surface area contributed by atoms with Crippen molar-refractivity contribution in [2.75, 3.05) is 79.5 Å². The van der Waals surface area contributed by atoms with Crippen molar-refractivity contribution in [3.63, 3.8) is 0 Å². The molecule has 0 bridgehead atoms. The first-order valence-corrected chi connectivity index (χ1v) is 16.0. The van der Waals surface area contributed by atoms with E-state index in [0.717, 1.165) is 64.4 Å². The molecule has 0 aliphatic heterocycles. The van der Waals surface area contributed by atoms with E-state index < -0.39 is 4.70 Å². The molecule has 0 atom stereocenters. The van der Waals surface area contributed by atoms with Gasteiger partial charge >= 0.3 is 161 Å². The Balaban J connectivity index is 5.08. The Hall–Kier alpha value is 1.40. The van der Waals surface area contributed by atoms with Gasteiger partial charge in [-0.15, -0.1) is 0 Å². The molecule has 0 heterocycles. The number of thiol groups is 2. The van der Waals surface area contributed by atoms with E-state index in [2.05, 4.69) is 0 Å². The van der Waals surface area contributed by atoms with Crippen molar-refractivity contribution >= 4 is 36.8 Å². The first-order valence-electron chi connectivity index (χ1n) is 8.65. The molecule has 0 amide bonds. The molecule has 0 saturated heterocycles. The van der Waals surface area contributed by atoms with Gasteiger partial charge in [-0.25, -0.2) is 0 Å². The Morgan fingerprint density at radius 2 is 0.958 bits per heavy atom. The molecule has 0 radical (unpaired) electrons. The van der Waals surface area contributed by atoms with Crippen LogP contribution in [-0.2, 0) is 18.9 Å². The van der Waals surface area contributed by atoms with Crippen LogP contribution in [0.25, 0.3) is 0 Å². The van der Waals surface area contributed by atoms with Crippen molar-refractivity contribution in [1.29, 1.82) is 0 Å². The fourth-order valence-corrected chi connectivity index (χ4v) is 18.4. The summed E-state index contributed by atoms with van der Waals surface area (Å²) in [6, 6.07) is 0. The summed E-state index contributed by atoms with van der Waals surface area (Å²) in [5, 5.41) is 0. The summed E-state index contributed by atoms with van der Waals surface area (Å²) < 4.78 is 18.7. The van der Waals surface area contributed by atoms with E-state index in [1.165, 1.54) is 12.3 Å². The van der Waals surface area contributed by atoms with Gasteiger partial charge in [0.15, 0.2) is 0 Å². The summed E-state index contributed by atoms with van der Waals surface area (Å²) in [6.45, 7) is 3.19. The van der Waals surface area contributed by atoms with E-state index in [1.807, 2.05) is 0 Å². The zero-order valence-electron chi connectivity index (χ0n) is 15.9. The predicted octanol–water partition coefficient (Wildman–Crippen LogP) is 4.77. The molecule has 0 saturated carbocycles. The van der Waals surface area contributed by atoms with Crippen LogP contribution in [0.3, 0.4) is 0 Å². The number of hydrogen-bond acceptors (Lipinski definition) is 6. The monoisotopic (exact) mass is 420 g/mol. The minimum absolute atomic E-state index is 0.257. The third-order valence-electron chi connectivity index (χ3n) is 4.11. The molecule has 0 aromatic carbocycles. The van der Waals surface area contributed by atoms with Crippen LogP contribution >= 0.6 is 36.8 Å². The second kappa shape index (κ2) is 14.5. The zero-order valence-corrected chi connectivity index (χ0v) is 19.5. The Bertz CT molecular complexity index is 286. The molecule has 0 unspecified atom stereocenters. The van der Waals surface area contributed by atoms with Crippen molar-refractivity contribution < 1.29 is 18.9 Å². The molecule has 0 spiro atoms. The molecule has 0 aromatic heterocycles. The Labute approximate surface area is 161 Å². The van der Waals surface area contributed by atoms with Gasteiger partial charge in [-0.05, 0) is 0 Å². The molecular weight excluding hydrogens is 382 g/mol. The molecular formula is C16H38O4P2S2. The van der Waals surface area contributed by atoms with Crippen molar-refractivity contribution in [3.05, 3.63) is 0 Å².